The van der Waals surface area contributed by atoms with Crippen molar-refractivity contribution in [3.05, 3.63) is 71.3 Å². The summed E-state index contributed by atoms with van der Waals surface area (Å²) >= 11 is 0. The van der Waals surface area contributed by atoms with Crippen molar-refractivity contribution < 1.29 is 0 Å². The van der Waals surface area contributed by atoms with Crippen LogP contribution in [0, 0.1) is 11.3 Å². The first-order valence-corrected chi connectivity index (χ1v) is 5.41. The van der Waals surface area contributed by atoms with Crippen molar-refractivity contribution in [2.75, 3.05) is 0 Å². The van der Waals surface area contributed by atoms with E-state index in [1.54, 1.807) is 0 Å². The van der Waals surface area contributed by atoms with Gasteiger partial charge in [0, 0.05) is 0 Å². The van der Waals surface area contributed by atoms with E-state index in [-0.39, 0.29) is 0 Å². The summed E-state index contributed by atoms with van der Waals surface area (Å²) in [5, 5.41) is 8.69. The third-order valence-electron chi connectivity index (χ3n) is 2.63. The molecule has 16 heavy (non-hydrogen) atoms. The predicted molar refractivity (Wildman–Crippen MR) is 65.0 cm³/mol. The molecule has 0 fully saturated rings. The maximum atomic E-state index is 8.69. The Hall–Kier alpha value is -2.07. The van der Waals surface area contributed by atoms with Gasteiger partial charge in [-0.15, -0.1) is 0 Å². The smallest absolute Gasteiger partial charge is 0.0991 e. The first kappa shape index (κ1) is 10.4. The van der Waals surface area contributed by atoms with Crippen LogP contribution in [0.1, 0.15) is 16.7 Å². The highest BCUT2D eigenvalue weighted by atomic mass is 14.2. The molecule has 0 saturated carbocycles. The molecule has 0 bridgehead atoms. The van der Waals surface area contributed by atoms with E-state index >= 15 is 0 Å². The molecule has 0 atom stereocenters. The van der Waals surface area contributed by atoms with Gasteiger partial charge in [0.2, 0.25) is 0 Å². The highest BCUT2D eigenvalue weighted by molar-refractivity contribution is 5.32. The maximum Gasteiger partial charge on any atom is 0.0991 e. The average molecular weight is 207 g/mol. The quantitative estimate of drug-likeness (QED) is 0.757. The van der Waals surface area contributed by atoms with Gasteiger partial charge in [0.25, 0.3) is 0 Å². The molecule has 0 aliphatic heterocycles. The fourth-order valence-electron chi connectivity index (χ4n) is 1.68. The Morgan fingerprint density at radius 3 is 1.88 bits per heavy atom. The second-order valence-electron chi connectivity index (χ2n) is 3.79. The first-order chi connectivity index (χ1) is 7.88. The number of rotatable bonds is 3. The molecule has 2 rings (SSSR count). The predicted octanol–water partition coefficient (Wildman–Crippen LogP) is 3.34. The lowest BCUT2D eigenvalue weighted by Crippen LogP contribution is -1.90. The van der Waals surface area contributed by atoms with Crippen LogP contribution in [0.5, 0.6) is 0 Å². The van der Waals surface area contributed by atoms with Crippen LogP contribution in [0.25, 0.3) is 0 Å². The standard InChI is InChI=1S/C15H13N/c16-12-15-10-8-14(9-11-15)7-6-13-4-2-1-3-5-13/h1-5,8-11H,6-7H2. The van der Waals surface area contributed by atoms with Crippen molar-refractivity contribution in [1.82, 2.24) is 0 Å². The van der Waals surface area contributed by atoms with Gasteiger partial charge in [0.05, 0.1) is 11.6 Å². The Kier molecular flexibility index (Phi) is 3.35. The van der Waals surface area contributed by atoms with E-state index in [1.807, 2.05) is 30.3 Å². The summed E-state index contributed by atoms with van der Waals surface area (Å²) < 4.78 is 0. The number of hydrogen-bond acceptors (Lipinski definition) is 1. The van der Waals surface area contributed by atoms with Gasteiger partial charge in [-0.3, -0.25) is 0 Å². The summed E-state index contributed by atoms with van der Waals surface area (Å²) in [6, 6.07) is 20.4. The van der Waals surface area contributed by atoms with Crippen LogP contribution in [-0.4, -0.2) is 0 Å². The number of nitrogens with zero attached hydrogens (tertiary/aromatic N) is 1. The lowest BCUT2D eigenvalue weighted by Gasteiger charge is -2.01. The van der Waals surface area contributed by atoms with E-state index in [4.69, 9.17) is 5.26 Å². The molecule has 1 nitrogen and oxygen atoms in total. The van der Waals surface area contributed by atoms with E-state index in [0.717, 1.165) is 18.4 Å². The van der Waals surface area contributed by atoms with Gasteiger partial charge < -0.3 is 0 Å². The molecule has 0 N–H and O–H groups in total. The van der Waals surface area contributed by atoms with E-state index in [2.05, 4.69) is 30.3 Å². The van der Waals surface area contributed by atoms with Crippen molar-refractivity contribution >= 4 is 0 Å². The van der Waals surface area contributed by atoms with Crippen LogP contribution in [0.15, 0.2) is 54.6 Å². The van der Waals surface area contributed by atoms with Crippen molar-refractivity contribution in [2.24, 2.45) is 0 Å². The third kappa shape index (κ3) is 2.71. The summed E-state index contributed by atoms with van der Waals surface area (Å²) in [5.74, 6) is 0. The first-order valence-electron chi connectivity index (χ1n) is 5.41. The normalized spacial score (nSPS) is 9.69. The Labute approximate surface area is 96.0 Å². The van der Waals surface area contributed by atoms with E-state index in [1.165, 1.54) is 11.1 Å². The molecule has 0 saturated heterocycles. The van der Waals surface area contributed by atoms with Crippen LogP contribution in [0.2, 0.25) is 0 Å². The summed E-state index contributed by atoms with van der Waals surface area (Å²) in [7, 11) is 0. The van der Waals surface area contributed by atoms with Crippen LogP contribution in [0.3, 0.4) is 0 Å². The van der Waals surface area contributed by atoms with E-state index < -0.39 is 0 Å². The van der Waals surface area contributed by atoms with E-state index in [9.17, 15) is 0 Å². The molecule has 1 heteroatoms. The van der Waals surface area contributed by atoms with Crippen LogP contribution >= 0.6 is 0 Å². The highest BCUT2D eigenvalue weighted by Gasteiger charge is 1.95. The van der Waals surface area contributed by atoms with Crippen molar-refractivity contribution in [3.63, 3.8) is 0 Å². The fourth-order valence-corrected chi connectivity index (χ4v) is 1.68. The Morgan fingerprint density at radius 1 is 0.750 bits per heavy atom. The molecule has 78 valence electrons. The lowest BCUT2D eigenvalue weighted by atomic mass is 10.0. The van der Waals surface area contributed by atoms with Gasteiger partial charge in [-0.05, 0) is 36.1 Å². The maximum absolute atomic E-state index is 8.69. The highest BCUT2D eigenvalue weighted by Crippen LogP contribution is 2.08. The summed E-state index contributed by atoms with van der Waals surface area (Å²) in [6.45, 7) is 0. The number of hydrogen-bond donors (Lipinski definition) is 0. The van der Waals surface area contributed by atoms with Gasteiger partial charge in [0.1, 0.15) is 0 Å². The Bertz CT molecular complexity index is 477. The van der Waals surface area contributed by atoms with Gasteiger partial charge >= 0.3 is 0 Å². The minimum Gasteiger partial charge on any atom is -0.192 e. The molecule has 0 radical (unpaired) electrons. The molecule has 0 aromatic heterocycles. The summed E-state index contributed by atoms with van der Waals surface area (Å²) in [5.41, 5.74) is 3.36. The van der Waals surface area contributed by atoms with Gasteiger partial charge in [0.15, 0.2) is 0 Å². The molecule has 0 heterocycles. The number of aryl methyl sites for hydroxylation is 2. The second-order valence-corrected chi connectivity index (χ2v) is 3.79. The molecule has 0 spiro atoms. The van der Waals surface area contributed by atoms with Crippen molar-refractivity contribution in [3.8, 4) is 6.07 Å². The Balaban J connectivity index is 1.98. The molecule has 2 aromatic carbocycles. The minimum atomic E-state index is 0.725. The van der Waals surface area contributed by atoms with Crippen molar-refractivity contribution in [2.45, 2.75) is 12.8 Å². The zero-order valence-corrected chi connectivity index (χ0v) is 9.06. The molecule has 0 unspecified atom stereocenters. The van der Waals surface area contributed by atoms with Gasteiger partial charge in [-0.1, -0.05) is 42.5 Å². The fraction of sp³-hybridized carbons (Fsp3) is 0.133. The topological polar surface area (TPSA) is 23.8 Å². The van der Waals surface area contributed by atoms with E-state index in [0.29, 0.717) is 0 Å². The van der Waals surface area contributed by atoms with Gasteiger partial charge in [-0.2, -0.15) is 5.26 Å². The SMILES string of the molecule is N#Cc1ccc(CCc2ccccc2)cc1. The lowest BCUT2D eigenvalue weighted by molar-refractivity contribution is 0.960. The summed E-state index contributed by atoms with van der Waals surface area (Å²) in [4.78, 5) is 0. The Morgan fingerprint density at radius 2 is 1.31 bits per heavy atom. The zero-order chi connectivity index (χ0) is 11.2. The molecule has 2 aromatic rings. The van der Waals surface area contributed by atoms with Crippen LogP contribution < -0.4 is 0 Å². The molecular weight excluding hydrogens is 194 g/mol. The average Bonchev–Trinajstić information content (AvgIpc) is 2.38. The minimum absolute atomic E-state index is 0.725. The monoisotopic (exact) mass is 207 g/mol. The van der Waals surface area contributed by atoms with Crippen molar-refractivity contribution in [1.29, 1.82) is 5.26 Å². The molecule has 0 amide bonds. The third-order valence-corrected chi connectivity index (χ3v) is 2.63. The second kappa shape index (κ2) is 5.14. The van der Waals surface area contributed by atoms with Crippen LogP contribution in [0.4, 0.5) is 0 Å². The molecule has 0 aliphatic rings. The molecule has 0 aliphatic carbocycles. The van der Waals surface area contributed by atoms with Gasteiger partial charge in [-0.25, -0.2) is 0 Å². The largest absolute Gasteiger partial charge is 0.192 e. The molecular formula is C15H13N. The van der Waals surface area contributed by atoms with Crippen LogP contribution in [-0.2, 0) is 12.8 Å². The number of benzene rings is 2. The zero-order valence-electron chi connectivity index (χ0n) is 9.06. The summed E-state index contributed by atoms with van der Waals surface area (Å²) in [6.07, 6.45) is 2.07. The number of nitriles is 1.